The summed E-state index contributed by atoms with van der Waals surface area (Å²) in [6.45, 7) is -0.480. The number of hydrogen-bond acceptors (Lipinski definition) is 5. The van der Waals surface area contributed by atoms with Crippen LogP contribution in [0.3, 0.4) is 0 Å². The van der Waals surface area contributed by atoms with Crippen LogP contribution >= 0.6 is 11.6 Å². The largest absolute Gasteiger partial charge is 0.454 e. The lowest BCUT2D eigenvalue weighted by Crippen LogP contribution is -2.16. The molecule has 1 aliphatic rings. The molecule has 152 valence electrons. The molecule has 0 unspecified atom stereocenters. The molecule has 0 atom stereocenters. The molecule has 3 aromatic carbocycles. The van der Waals surface area contributed by atoms with Crippen molar-refractivity contribution in [2.75, 3.05) is 6.61 Å². The Kier molecular flexibility index (Phi) is 5.19. The maximum Gasteiger partial charge on any atom is 0.338 e. The standard InChI is InChI=1S/C22H16ClNO5S/c23-19-8-7-16(11-21(19)30(24,27)28)22(26)29-12-20(25)15-6-5-14-9-13-3-1-2-4-17(13)18(14)10-15/h1-8,10-11H,9,12H2,(H2,24,27,28). The van der Waals surface area contributed by atoms with Gasteiger partial charge < -0.3 is 4.74 Å². The van der Waals surface area contributed by atoms with Gasteiger partial charge in [-0.25, -0.2) is 18.4 Å². The number of primary sulfonamides is 1. The minimum Gasteiger partial charge on any atom is -0.454 e. The predicted molar refractivity (Wildman–Crippen MR) is 112 cm³/mol. The smallest absolute Gasteiger partial charge is 0.338 e. The maximum atomic E-state index is 12.6. The first kappa shape index (κ1) is 20.3. The minimum absolute atomic E-state index is 0.0703. The zero-order chi connectivity index (χ0) is 21.5. The van der Waals surface area contributed by atoms with Gasteiger partial charge in [0.05, 0.1) is 10.6 Å². The number of ketones is 1. The lowest BCUT2D eigenvalue weighted by molar-refractivity contribution is 0.0474. The Morgan fingerprint density at radius 2 is 1.63 bits per heavy atom. The molecule has 0 bridgehead atoms. The van der Waals surface area contributed by atoms with Crippen LogP contribution in [0.5, 0.6) is 0 Å². The van der Waals surface area contributed by atoms with Crippen molar-refractivity contribution >= 4 is 33.4 Å². The fourth-order valence-electron chi connectivity index (χ4n) is 3.44. The van der Waals surface area contributed by atoms with E-state index < -0.39 is 22.6 Å². The van der Waals surface area contributed by atoms with Crippen LogP contribution in [-0.2, 0) is 21.2 Å². The third-order valence-corrected chi connectivity index (χ3v) is 6.32. The first-order valence-corrected chi connectivity index (χ1v) is 10.9. The van der Waals surface area contributed by atoms with E-state index in [1.807, 2.05) is 24.3 Å². The van der Waals surface area contributed by atoms with E-state index in [0.29, 0.717) is 5.56 Å². The Bertz CT molecular complexity index is 1300. The van der Waals surface area contributed by atoms with Crippen LogP contribution < -0.4 is 5.14 Å². The number of fused-ring (bicyclic) bond motifs is 3. The van der Waals surface area contributed by atoms with E-state index in [9.17, 15) is 18.0 Å². The van der Waals surface area contributed by atoms with Gasteiger partial charge in [-0.2, -0.15) is 0 Å². The number of nitrogens with two attached hydrogens (primary N) is 1. The average Bonchev–Trinajstić information content (AvgIpc) is 3.09. The fraction of sp³-hybridized carbons (Fsp3) is 0.0909. The van der Waals surface area contributed by atoms with E-state index in [-0.39, 0.29) is 21.3 Å². The summed E-state index contributed by atoms with van der Waals surface area (Å²) in [5, 5.41) is 4.98. The number of carbonyl (C=O) groups is 2. The van der Waals surface area contributed by atoms with Crippen molar-refractivity contribution in [3.8, 4) is 11.1 Å². The number of benzene rings is 3. The normalized spacial score (nSPS) is 12.2. The monoisotopic (exact) mass is 441 g/mol. The summed E-state index contributed by atoms with van der Waals surface area (Å²) in [4.78, 5) is 24.4. The number of hydrogen-bond donors (Lipinski definition) is 1. The van der Waals surface area contributed by atoms with Gasteiger partial charge in [0, 0.05) is 5.56 Å². The zero-order valence-corrected chi connectivity index (χ0v) is 17.2. The summed E-state index contributed by atoms with van der Waals surface area (Å²) in [7, 11) is -4.10. The first-order valence-electron chi connectivity index (χ1n) is 8.98. The molecule has 0 aliphatic heterocycles. The van der Waals surface area contributed by atoms with Crippen molar-refractivity contribution in [3.05, 3.63) is 87.9 Å². The van der Waals surface area contributed by atoms with Gasteiger partial charge in [-0.15, -0.1) is 0 Å². The molecule has 1 aliphatic carbocycles. The Morgan fingerprint density at radius 3 is 2.40 bits per heavy atom. The lowest BCUT2D eigenvalue weighted by Gasteiger charge is -2.08. The lowest BCUT2D eigenvalue weighted by atomic mass is 10.0. The summed E-state index contributed by atoms with van der Waals surface area (Å²) in [5.41, 5.74) is 4.80. The summed E-state index contributed by atoms with van der Waals surface area (Å²) >= 11 is 5.81. The Balaban J connectivity index is 1.50. The van der Waals surface area contributed by atoms with Crippen LogP contribution in [0.2, 0.25) is 5.02 Å². The average molecular weight is 442 g/mol. The number of sulfonamides is 1. The van der Waals surface area contributed by atoms with Crippen molar-refractivity contribution in [1.82, 2.24) is 0 Å². The van der Waals surface area contributed by atoms with Gasteiger partial charge in [-0.05, 0) is 52.9 Å². The van der Waals surface area contributed by atoms with Crippen molar-refractivity contribution in [1.29, 1.82) is 0 Å². The van der Waals surface area contributed by atoms with Gasteiger partial charge in [0.1, 0.15) is 4.90 Å². The van der Waals surface area contributed by atoms with Crippen LogP contribution in [0.15, 0.2) is 65.6 Å². The van der Waals surface area contributed by atoms with Gasteiger partial charge >= 0.3 is 5.97 Å². The topological polar surface area (TPSA) is 104 Å². The molecule has 0 heterocycles. The van der Waals surface area contributed by atoms with Gasteiger partial charge in [0.2, 0.25) is 10.0 Å². The summed E-state index contributed by atoms with van der Waals surface area (Å²) < 4.78 is 28.2. The molecule has 3 aromatic rings. The zero-order valence-electron chi connectivity index (χ0n) is 15.6. The van der Waals surface area contributed by atoms with E-state index in [1.54, 1.807) is 12.1 Å². The van der Waals surface area contributed by atoms with E-state index in [2.05, 4.69) is 6.07 Å². The predicted octanol–water partition coefficient (Wildman–Crippen LogP) is 3.60. The second-order valence-electron chi connectivity index (χ2n) is 6.90. The summed E-state index contributed by atoms with van der Waals surface area (Å²) in [5.74, 6) is -1.22. The quantitative estimate of drug-likeness (QED) is 0.376. The van der Waals surface area contributed by atoms with Gasteiger partial charge in [0.15, 0.2) is 12.4 Å². The number of carbonyl (C=O) groups excluding carboxylic acids is 2. The van der Waals surface area contributed by atoms with E-state index >= 15 is 0 Å². The highest BCUT2D eigenvalue weighted by Gasteiger charge is 2.21. The molecule has 0 saturated carbocycles. The molecule has 6 nitrogen and oxygen atoms in total. The highest BCUT2D eigenvalue weighted by molar-refractivity contribution is 7.89. The SMILES string of the molecule is NS(=O)(=O)c1cc(C(=O)OCC(=O)c2ccc3c(c2)-c2ccccc2C3)ccc1Cl. The second-order valence-corrected chi connectivity index (χ2v) is 8.83. The number of esters is 1. The molecule has 0 aromatic heterocycles. The van der Waals surface area contributed by atoms with Crippen molar-refractivity contribution in [2.24, 2.45) is 5.14 Å². The molecule has 4 rings (SSSR count). The second kappa shape index (κ2) is 7.68. The molecule has 0 saturated heterocycles. The number of ether oxygens (including phenoxy) is 1. The van der Waals surface area contributed by atoms with Crippen LogP contribution in [0.4, 0.5) is 0 Å². The van der Waals surface area contributed by atoms with Crippen LogP contribution in [0, 0.1) is 0 Å². The molecule has 0 fully saturated rings. The fourth-order valence-corrected chi connectivity index (χ4v) is 4.51. The van der Waals surface area contributed by atoms with Crippen molar-refractivity contribution in [3.63, 3.8) is 0 Å². The Morgan fingerprint density at radius 1 is 0.933 bits per heavy atom. The van der Waals surface area contributed by atoms with E-state index in [4.69, 9.17) is 21.5 Å². The van der Waals surface area contributed by atoms with E-state index in [0.717, 1.165) is 29.2 Å². The van der Waals surface area contributed by atoms with Gasteiger partial charge in [-0.1, -0.05) is 48.0 Å². The number of halogens is 1. The minimum atomic E-state index is -4.10. The van der Waals surface area contributed by atoms with Crippen LogP contribution in [0.25, 0.3) is 11.1 Å². The van der Waals surface area contributed by atoms with Gasteiger partial charge in [0.25, 0.3) is 0 Å². The Labute approximate surface area is 178 Å². The molecule has 2 N–H and O–H groups in total. The van der Waals surface area contributed by atoms with Crippen LogP contribution in [0.1, 0.15) is 31.8 Å². The number of Topliss-reactive ketones (excluding diaryl/α,β-unsaturated/α-hetero) is 1. The highest BCUT2D eigenvalue weighted by atomic mass is 35.5. The molecule has 8 heteroatoms. The first-order chi connectivity index (χ1) is 14.2. The molecule has 0 amide bonds. The number of rotatable bonds is 5. The van der Waals surface area contributed by atoms with Crippen molar-refractivity contribution < 1.29 is 22.7 Å². The Hall–Kier alpha value is -3.00. The molecular formula is C22H16ClNO5S. The summed E-state index contributed by atoms with van der Waals surface area (Å²) in [6.07, 6.45) is 0.817. The molecule has 30 heavy (non-hydrogen) atoms. The third-order valence-electron chi connectivity index (χ3n) is 4.93. The van der Waals surface area contributed by atoms with E-state index in [1.165, 1.54) is 17.7 Å². The molecular weight excluding hydrogens is 426 g/mol. The maximum absolute atomic E-state index is 12.6. The summed E-state index contributed by atoms with van der Waals surface area (Å²) in [6, 6.07) is 17.0. The molecule has 0 radical (unpaired) electrons. The highest BCUT2D eigenvalue weighted by Crippen LogP contribution is 2.36. The van der Waals surface area contributed by atoms with Gasteiger partial charge in [-0.3, -0.25) is 4.79 Å². The third kappa shape index (κ3) is 3.87. The molecule has 0 spiro atoms. The van der Waals surface area contributed by atoms with Crippen molar-refractivity contribution in [2.45, 2.75) is 11.3 Å². The van der Waals surface area contributed by atoms with Crippen LogP contribution in [-0.4, -0.2) is 26.8 Å².